The van der Waals surface area contributed by atoms with Crippen LogP contribution in [0, 0.1) is 0 Å². The largest absolute Gasteiger partial charge is 0.203 e. The van der Waals surface area contributed by atoms with Crippen LogP contribution in [0.5, 0.6) is 0 Å². The van der Waals surface area contributed by atoms with Gasteiger partial charge in [-0.2, -0.15) is 0 Å². The molecule has 0 N–H and O–H groups in total. The fraction of sp³-hybridized carbons (Fsp3) is 0.250. The normalized spacial score (nSPS) is 8.17. The first kappa shape index (κ1) is 5.54. The molecule has 2 heteroatoms. The first-order valence-electron chi connectivity index (χ1n) is 1.60. The van der Waals surface area contributed by atoms with Crippen LogP contribution >= 0.6 is 12.2 Å². The summed E-state index contributed by atoms with van der Waals surface area (Å²) in [5.41, 5.74) is 0. The standard InChI is InChI=1S/C4H5NS/c1-2-3-5-4-6/h2-3H,1H3/b3-2+. The lowest BCUT2D eigenvalue weighted by Gasteiger charge is -1.57. The molecular weight excluding hydrogens is 94.1 g/mol. The minimum absolute atomic E-state index is 1.59. The highest BCUT2D eigenvalue weighted by atomic mass is 32.1. The first-order chi connectivity index (χ1) is 2.91. The van der Waals surface area contributed by atoms with Crippen LogP contribution in [-0.4, -0.2) is 5.16 Å². The van der Waals surface area contributed by atoms with Crippen LogP contribution in [0.3, 0.4) is 0 Å². The Bertz CT molecular complexity index is 89.7. The predicted octanol–water partition coefficient (Wildman–Crippen LogP) is 1.62. The van der Waals surface area contributed by atoms with Crippen molar-refractivity contribution in [3.05, 3.63) is 12.3 Å². The second-order valence-corrected chi connectivity index (χ2v) is 0.885. The van der Waals surface area contributed by atoms with Gasteiger partial charge in [-0.15, -0.1) is 0 Å². The molecule has 0 saturated heterocycles. The maximum Gasteiger partial charge on any atom is 0.0634 e. The predicted molar refractivity (Wildman–Crippen MR) is 29.8 cm³/mol. The SMILES string of the molecule is C/C=C/N=C=S. The molecule has 0 aromatic carbocycles. The summed E-state index contributed by atoms with van der Waals surface area (Å²) in [7, 11) is 0. The molecule has 0 spiro atoms. The van der Waals surface area contributed by atoms with Gasteiger partial charge in [-0.05, 0) is 19.1 Å². The second kappa shape index (κ2) is 4.54. The third-order valence-electron chi connectivity index (χ3n) is 0.276. The van der Waals surface area contributed by atoms with Crippen molar-refractivity contribution >= 4 is 17.4 Å². The molecule has 0 aliphatic carbocycles. The van der Waals surface area contributed by atoms with Gasteiger partial charge in [0.2, 0.25) is 0 Å². The van der Waals surface area contributed by atoms with Crippen molar-refractivity contribution in [1.82, 2.24) is 0 Å². The molecule has 0 aromatic heterocycles. The van der Waals surface area contributed by atoms with Crippen LogP contribution in [0.15, 0.2) is 17.3 Å². The molecule has 1 nitrogen and oxygen atoms in total. The monoisotopic (exact) mass is 99.0 g/mol. The van der Waals surface area contributed by atoms with Gasteiger partial charge in [0.15, 0.2) is 0 Å². The van der Waals surface area contributed by atoms with Crippen LogP contribution in [0.2, 0.25) is 0 Å². The van der Waals surface area contributed by atoms with E-state index in [4.69, 9.17) is 0 Å². The Kier molecular flexibility index (Phi) is 4.19. The minimum Gasteiger partial charge on any atom is -0.203 e. The number of hydrogen-bond acceptors (Lipinski definition) is 2. The van der Waals surface area contributed by atoms with Crippen molar-refractivity contribution in [2.45, 2.75) is 6.92 Å². The summed E-state index contributed by atoms with van der Waals surface area (Å²) < 4.78 is 0. The molecule has 0 radical (unpaired) electrons. The number of isothiocyanates is 1. The van der Waals surface area contributed by atoms with E-state index in [9.17, 15) is 0 Å². The van der Waals surface area contributed by atoms with Crippen molar-refractivity contribution in [2.75, 3.05) is 0 Å². The third kappa shape index (κ3) is 3.54. The van der Waals surface area contributed by atoms with Gasteiger partial charge in [0, 0.05) is 6.20 Å². The maximum absolute atomic E-state index is 4.25. The molecule has 0 rings (SSSR count). The topological polar surface area (TPSA) is 12.4 Å². The Labute approximate surface area is 42.4 Å². The van der Waals surface area contributed by atoms with E-state index in [1.807, 2.05) is 6.92 Å². The van der Waals surface area contributed by atoms with Gasteiger partial charge < -0.3 is 0 Å². The average Bonchev–Trinajstić information content (AvgIpc) is 1.61. The Hall–Kier alpha value is -0.460. The van der Waals surface area contributed by atoms with Crippen molar-refractivity contribution in [3.63, 3.8) is 0 Å². The molecule has 6 heavy (non-hydrogen) atoms. The number of hydrogen-bond donors (Lipinski definition) is 0. The van der Waals surface area contributed by atoms with Crippen molar-refractivity contribution in [2.24, 2.45) is 4.99 Å². The summed E-state index contributed by atoms with van der Waals surface area (Å²) in [6.07, 6.45) is 3.38. The smallest absolute Gasteiger partial charge is 0.0634 e. The summed E-state index contributed by atoms with van der Waals surface area (Å²) in [4.78, 5) is 3.47. The van der Waals surface area contributed by atoms with E-state index >= 15 is 0 Å². The molecule has 0 bridgehead atoms. The van der Waals surface area contributed by atoms with Gasteiger partial charge in [-0.25, -0.2) is 4.99 Å². The first-order valence-corrected chi connectivity index (χ1v) is 2.00. The zero-order chi connectivity index (χ0) is 4.83. The molecule has 0 heterocycles. The lowest BCUT2D eigenvalue weighted by molar-refractivity contribution is 1.56. The molecular formula is C4H5NS. The fourth-order valence-corrected chi connectivity index (χ4v) is 0.166. The zero-order valence-electron chi connectivity index (χ0n) is 3.51. The molecule has 0 atom stereocenters. The number of rotatable bonds is 1. The molecule has 0 aliphatic heterocycles. The number of aliphatic imine (C=N–C) groups is 1. The van der Waals surface area contributed by atoms with E-state index in [0.29, 0.717) is 0 Å². The Morgan fingerprint density at radius 2 is 2.50 bits per heavy atom. The second-order valence-electron chi connectivity index (χ2n) is 0.703. The van der Waals surface area contributed by atoms with E-state index in [0.717, 1.165) is 0 Å². The molecule has 0 aromatic rings. The number of allylic oxidation sites excluding steroid dienone is 1. The Morgan fingerprint density at radius 1 is 1.83 bits per heavy atom. The van der Waals surface area contributed by atoms with E-state index in [1.54, 1.807) is 12.3 Å². The third-order valence-corrected chi connectivity index (χ3v) is 0.382. The van der Waals surface area contributed by atoms with Gasteiger partial charge in [-0.1, -0.05) is 6.08 Å². The van der Waals surface area contributed by atoms with Crippen LogP contribution in [-0.2, 0) is 0 Å². The summed E-state index contributed by atoms with van der Waals surface area (Å²) in [6, 6.07) is 0. The molecule has 0 aliphatic rings. The van der Waals surface area contributed by atoms with E-state index < -0.39 is 0 Å². The van der Waals surface area contributed by atoms with Gasteiger partial charge in [0.1, 0.15) is 0 Å². The highest BCUT2D eigenvalue weighted by Gasteiger charge is 1.46. The van der Waals surface area contributed by atoms with Crippen LogP contribution in [0.1, 0.15) is 6.92 Å². The molecule has 32 valence electrons. The van der Waals surface area contributed by atoms with Crippen LogP contribution in [0.4, 0.5) is 0 Å². The van der Waals surface area contributed by atoms with Crippen LogP contribution < -0.4 is 0 Å². The summed E-state index contributed by atoms with van der Waals surface area (Å²) in [5, 5.41) is 2.19. The van der Waals surface area contributed by atoms with E-state index in [1.165, 1.54) is 0 Å². The zero-order valence-corrected chi connectivity index (χ0v) is 4.33. The van der Waals surface area contributed by atoms with Gasteiger partial charge in [-0.3, -0.25) is 0 Å². The molecule has 0 unspecified atom stereocenters. The van der Waals surface area contributed by atoms with Crippen molar-refractivity contribution < 1.29 is 0 Å². The molecule has 0 amide bonds. The highest BCUT2D eigenvalue weighted by Crippen LogP contribution is 1.65. The Balaban J connectivity index is 3.33. The molecule has 0 fully saturated rings. The average molecular weight is 99.2 g/mol. The van der Waals surface area contributed by atoms with Gasteiger partial charge >= 0.3 is 0 Å². The van der Waals surface area contributed by atoms with Gasteiger partial charge in [0.05, 0.1) is 5.16 Å². The lowest BCUT2D eigenvalue weighted by atomic mass is 10.7. The minimum atomic E-state index is 1.59. The van der Waals surface area contributed by atoms with Gasteiger partial charge in [0.25, 0.3) is 0 Å². The summed E-state index contributed by atoms with van der Waals surface area (Å²) >= 11 is 4.25. The quantitative estimate of drug-likeness (QED) is 0.359. The van der Waals surface area contributed by atoms with E-state index in [2.05, 4.69) is 22.4 Å². The van der Waals surface area contributed by atoms with Crippen LogP contribution in [0.25, 0.3) is 0 Å². The fourth-order valence-electron chi connectivity index (χ4n) is 0.105. The summed E-state index contributed by atoms with van der Waals surface area (Å²) in [6.45, 7) is 1.87. The number of nitrogens with zero attached hydrogens (tertiary/aromatic N) is 1. The number of thiocarbonyl (C=S) groups is 1. The lowest BCUT2D eigenvalue weighted by Crippen LogP contribution is -1.39. The van der Waals surface area contributed by atoms with Crippen molar-refractivity contribution in [3.8, 4) is 0 Å². The maximum atomic E-state index is 4.25. The highest BCUT2D eigenvalue weighted by molar-refractivity contribution is 7.78. The summed E-state index contributed by atoms with van der Waals surface area (Å²) in [5.74, 6) is 0. The van der Waals surface area contributed by atoms with Crippen molar-refractivity contribution in [1.29, 1.82) is 0 Å². The molecule has 0 saturated carbocycles. The Morgan fingerprint density at radius 3 is 2.67 bits per heavy atom. The van der Waals surface area contributed by atoms with E-state index in [-0.39, 0.29) is 0 Å².